The minimum atomic E-state index is 0.128. The molecule has 3 heterocycles. The van der Waals surface area contributed by atoms with Gasteiger partial charge in [-0.3, -0.25) is 0 Å². The monoisotopic (exact) mass is 497 g/mol. The van der Waals surface area contributed by atoms with Crippen LogP contribution in [0.15, 0.2) is 60.9 Å². The summed E-state index contributed by atoms with van der Waals surface area (Å²) in [5.74, 6) is 0. The second kappa shape index (κ2) is 7.66. The second-order valence-electron chi connectivity index (χ2n) is 13.7. The number of hydrogen-bond donors (Lipinski definition) is 0. The molecule has 0 N–H and O–H groups in total. The third kappa shape index (κ3) is 3.48. The van der Waals surface area contributed by atoms with E-state index in [4.69, 9.17) is 9.97 Å². The Morgan fingerprint density at radius 1 is 0.684 bits per heavy atom. The van der Waals surface area contributed by atoms with E-state index >= 15 is 0 Å². The van der Waals surface area contributed by atoms with Gasteiger partial charge < -0.3 is 4.40 Å². The Hall–Kier alpha value is -3.72. The van der Waals surface area contributed by atoms with Gasteiger partial charge in [-0.05, 0) is 82.8 Å². The van der Waals surface area contributed by atoms with Gasteiger partial charge in [0.05, 0.1) is 33.0 Å². The zero-order chi connectivity index (χ0) is 26.6. The maximum Gasteiger partial charge on any atom is 0.116 e. The Labute approximate surface area is 223 Å². The first kappa shape index (κ1) is 23.4. The predicted molar refractivity (Wildman–Crippen MR) is 163 cm³/mol. The standard InChI is InChI=1S/C35H35N3/c1-20-8-13-29-25(14-20)24-11-12-28-30-31(37-19-36-28)26-16-22-15-21(17-34(2,3)4)9-10-23(22)27(18-35(5,6)7)32(26)38(29)33(24)30/h8-16,19H,17-18H2,1-7H3. The van der Waals surface area contributed by atoms with Crippen molar-refractivity contribution < 1.29 is 0 Å². The summed E-state index contributed by atoms with van der Waals surface area (Å²) in [5, 5.41) is 7.61. The summed E-state index contributed by atoms with van der Waals surface area (Å²) in [5.41, 5.74) is 10.3. The molecule has 0 aliphatic heterocycles. The fraction of sp³-hybridized carbons (Fsp3) is 0.314. The number of pyridine rings is 1. The lowest BCUT2D eigenvalue weighted by Gasteiger charge is -2.24. The van der Waals surface area contributed by atoms with Crippen molar-refractivity contribution in [3.8, 4) is 0 Å². The molecule has 0 fully saturated rings. The number of aromatic nitrogens is 3. The predicted octanol–water partition coefficient (Wildman–Crippen LogP) is 9.42. The molecule has 3 aromatic heterocycles. The minimum absolute atomic E-state index is 0.128. The Morgan fingerprint density at radius 2 is 1.45 bits per heavy atom. The van der Waals surface area contributed by atoms with E-state index in [-0.39, 0.29) is 10.8 Å². The van der Waals surface area contributed by atoms with Crippen LogP contribution >= 0.6 is 0 Å². The summed E-state index contributed by atoms with van der Waals surface area (Å²) in [6.07, 6.45) is 3.77. The van der Waals surface area contributed by atoms with E-state index in [1.165, 1.54) is 65.6 Å². The first-order chi connectivity index (χ1) is 18.0. The molecule has 38 heavy (non-hydrogen) atoms. The fourth-order valence-electron chi connectivity index (χ4n) is 6.59. The van der Waals surface area contributed by atoms with Gasteiger partial charge in [0.15, 0.2) is 0 Å². The van der Waals surface area contributed by atoms with Crippen molar-refractivity contribution in [1.29, 1.82) is 0 Å². The van der Waals surface area contributed by atoms with Gasteiger partial charge >= 0.3 is 0 Å². The summed E-state index contributed by atoms with van der Waals surface area (Å²) in [6.45, 7) is 16.2. The Balaban J connectivity index is 1.76. The molecule has 190 valence electrons. The molecule has 0 spiro atoms. The molecule has 7 aromatic rings. The molecule has 0 radical (unpaired) electrons. The quantitative estimate of drug-likeness (QED) is 0.176. The van der Waals surface area contributed by atoms with E-state index in [2.05, 4.69) is 107 Å². The SMILES string of the molecule is Cc1ccc2c(c1)c1ccc3ncnc4c5cc6cc(CC(C)(C)C)ccc6c(CC(C)(C)C)c5n2c1c34. The molecule has 0 amide bonds. The van der Waals surface area contributed by atoms with Crippen LogP contribution in [0.4, 0.5) is 0 Å². The summed E-state index contributed by atoms with van der Waals surface area (Å²) >= 11 is 0. The Kier molecular flexibility index (Phi) is 4.72. The number of nitrogens with zero attached hydrogens (tertiary/aromatic N) is 3. The van der Waals surface area contributed by atoms with Crippen LogP contribution in [-0.4, -0.2) is 14.4 Å². The van der Waals surface area contributed by atoms with Gasteiger partial charge in [0.2, 0.25) is 0 Å². The van der Waals surface area contributed by atoms with Crippen molar-refractivity contribution >= 4 is 59.9 Å². The van der Waals surface area contributed by atoms with Crippen molar-refractivity contribution in [2.24, 2.45) is 10.8 Å². The fourth-order valence-corrected chi connectivity index (χ4v) is 6.59. The lowest BCUT2D eigenvalue weighted by atomic mass is 9.83. The molecule has 0 unspecified atom stereocenters. The van der Waals surface area contributed by atoms with Crippen LogP contribution in [0.25, 0.3) is 59.9 Å². The zero-order valence-electron chi connectivity index (χ0n) is 23.5. The number of benzene rings is 4. The average Bonchev–Trinajstić information content (AvgIpc) is 3.15. The lowest BCUT2D eigenvalue weighted by Crippen LogP contribution is -2.12. The maximum absolute atomic E-state index is 4.95. The van der Waals surface area contributed by atoms with Gasteiger partial charge in [0.1, 0.15) is 6.33 Å². The van der Waals surface area contributed by atoms with Crippen LogP contribution in [0, 0.1) is 17.8 Å². The second-order valence-corrected chi connectivity index (χ2v) is 13.7. The molecule has 0 aliphatic rings. The highest BCUT2D eigenvalue weighted by atomic mass is 14.9. The highest BCUT2D eigenvalue weighted by Crippen LogP contribution is 2.44. The van der Waals surface area contributed by atoms with Crippen LogP contribution in [-0.2, 0) is 12.8 Å². The molecule has 0 atom stereocenters. The van der Waals surface area contributed by atoms with Crippen LogP contribution in [0.3, 0.4) is 0 Å². The maximum atomic E-state index is 4.95. The van der Waals surface area contributed by atoms with Crippen molar-refractivity contribution in [1.82, 2.24) is 14.4 Å². The molecular formula is C35H35N3. The van der Waals surface area contributed by atoms with Crippen LogP contribution in [0.5, 0.6) is 0 Å². The molecule has 3 heteroatoms. The third-order valence-corrected chi connectivity index (χ3v) is 7.89. The van der Waals surface area contributed by atoms with E-state index in [0.29, 0.717) is 0 Å². The summed E-state index contributed by atoms with van der Waals surface area (Å²) in [4.78, 5) is 9.65. The molecule has 0 saturated carbocycles. The Bertz CT molecular complexity index is 2040. The molecule has 0 bridgehead atoms. The van der Waals surface area contributed by atoms with Crippen molar-refractivity contribution in [2.45, 2.75) is 61.3 Å². The van der Waals surface area contributed by atoms with Gasteiger partial charge in [0.25, 0.3) is 0 Å². The smallest absolute Gasteiger partial charge is 0.116 e. The van der Waals surface area contributed by atoms with Crippen molar-refractivity contribution in [2.75, 3.05) is 0 Å². The highest BCUT2D eigenvalue weighted by Gasteiger charge is 2.24. The number of fused-ring (bicyclic) bond motifs is 7. The topological polar surface area (TPSA) is 30.2 Å². The average molecular weight is 498 g/mol. The van der Waals surface area contributed by atoms with Crippen LogP contribution in [0.1, 0.15) is 58.2 Å². The molecule has 0 saturated heterocycles. The summed E-state index contributed by atoms with van der Waals surface area (Å²) in [7, 11) is 0. The molecule has 4 aromatic carbocycles. The van der Waals surface area contributed by atoms with E-state index < -0.39 is 0 Å². The largest absolute Gasteiger partial charge is 0.307 e. The number of rotatable bonds is 2. The van der Waals surface area contributed by atoms with Crippen LogP contribution in [0.2, 0.25) is 0 Å². The summed E-state index contributed by atoms with van der Waals surface area (Å²) < 4.78 is 2.53. The van der Waals surface area contributed by atoms with Gasteiger partial charge in [-0.25, -0.2) is 9.97 Å². The summed E-state index contributed by atoms with van der Waals surface area (Å²) in [6, 6.07) is 20.8. The van der Waals surface area contributed by atoms with E-state index in [9.17, 15) is 0 Å². The van der Waals surface area contributed by atoms with Crippen LogP contribution < -0.4 is 0 Å². The first-order valence-electron chi connectivity index (χ1n) is 13.8. The van der Waals surface area contributed by atoms with E-state index in [1.807, 2.05) is 0 Å². The molecule has 3 nitrogen and oxygen atoms in total. The van der Waals surface area contributed by atoms with Gasteiger partial charge in [-0.2, -0.15) is 0 Å². The molecule has 7 rings (SSSR count). The van der Waals surface area contributed by atoms with Gasteiger partial charge in [0, 0.05) is 16.2 Å². The van der Waals surface area contributed by atoms with E-state index in [0.717, 1.165) is 23.9 Å². The van der Waals surface area contributed by atoms with Crippen molar-refractivity contribution in [3.63, 3.8) is 0 Å². The van der Waals surface area contributed by atoms with Gasteiger partial charge in [-0.15, -0.1) is 0 Å². The van der Waals surface area contributed by atoms with Crippen molar-refractivity contribution in [3.05, 3.63) is 77.6 Å². The first-order valence-corrected chi connectivity index (χ1v) is 13.8. The zero-order valence-corrected chi connectivity index (χ0v) is 23.5. The third-order valence-electron chi connectivity index (χ3n) is 7.89. The van der Waals surface area contributed by atoms with Gasteiger partial charge in [-0.1, -0.05) is 71.4 Å². The highest BCUT2D eigenvalue weighted by molar-refractivity contribution is 6.28. The lowest BCUT2D eigenvalue weighted by molar-refractivity contribution is 0.411. The molecular weight excluding hydrogens is 462 g/mol. The number of hydrogen-bond acceptors (Lipinski definition) is 2. The number of aryl methyl sites for hydroxylation is 1. The minimum Gasteiger partial charge on any atom is -0.307 e. The molecule has 0 aliphatic carbocycles. The normalized spacial score (nSPS) is 13.3. The Morgan fingerprint density at radius 3 is 2.21 bits per heavy atom. The van der Waals surface area contributed by atoms with E-state index in [1.54, 1.807) is 6.33 Å².